The highest BCUT2D eigenvalue weighted by Gasteiger charge is 2.29. The lowest BCUT2D eigenvalue weighted by Gasteiger charge is -2.36. The van der Waals surface area contributed by atoms with Crippen LogP contribution in [-0.2, 0) is 17.8 Å². The maximum atomic E-state index is 11.5. The molecular formula is C22H23IN2O. The zero-order valence-corrected chi connectivity index (χ0v) is 17.8. The normalized spacial score (nSPS) is 16.3. The van der Waals surface area contributed by atoms with Gasteiger partial charge in [0.2, 0.25) is 0 Å². The summed E-state index contributed by atoms with van der Waals surface area (Å²) in [5, 5.41) is 1.26. The Balaban J connectivity index is 2.16. The van der Waals surface area contributed by atoms with E-state index in [4.69, 9.17) is 0 Å². The van der Waals surface area contributed by atoms with E-state index in [1.165, 1.54) is 42.5 Å². The van der Waals surface area contributed by atoms with Crippen molar-refractivity contribution in [3.8, 4) is 11.1 Å². The maximum Gasteiger partial charge on any atom is 0.124 e. The fourth-order valence-corrected chi connectivity index (χ4v) is 4.71. The summed E-state index contributed by atoms with van der Waals surface area (Å²) in [6.07, 6.45) is 1.48. The van der Waals surface area contributed by atoms with Crippen molar-refractivity contribution >= 4 is 45.5 Å². The third-order valence-corrected chi connectivity index (χ3v) is 6.51. The predicted molar refractivity (Wildman–Crippen MR) is 117 cm³/mol. The molecule has 3 nitrogen and oxygen atoms in total. The van der Waals surface area contributed by atoms with Crippen LogP contribution >= 0.6 is 22.6 Å². The molecular weight excluding hydrogens is 435 g/mol. The van der Waals surface area contributed by atoms with Crippen LogP contribution < -0.4 is 4.90 Å². The van der Waals surface area contributed by atoms with Crippen LogP contribution in [0, 0.1) is 17.4 Å². The monoisotopic (exact) mass is 458 g/mol. The molecule has 0 saturated carbocycles. The minimum atomic E-state index is 0.434. The number of anilines is 1. The van der Waals surface area contributed by atoms with Crippen molar-refractivity contribution in [3.63, 3.8) is 0 Å². The van der Waals surface area contributed by atoms with Crippen molar-refractivity contribution in [2.75, 3.05) is 11.9 Å². The molecule has 4 rings (SSSR count). The van der Waals surface area contributed by atoms with Crippen molar-refractivity contribution in [2.24, 2.45) is 0 Å². The van der Waals surface area contributed by atoms with Gasteiger partial charge in [0.15, 0.2) is 0 Å². The lowest BCUT2D eigenvalue weighted by atomic mass is 9.88. The lowest BCUT2D eigenvalue weighted by Crippen LogP contribution is -2.37. The van der Waals surface area contributed by atoms with E-state index in [0.717, 1.165) is 18.4 Å². The van der Waals surface area contributed by atoms with Crippen LogP contribution in [0.1, 0.15) is 23.7 Å². The van der Waals surface area contributed by atoms with Gasteiger partial charge in [0.25, 0.3) is 0 Å². The minimum absolute atomic E-state index is 0.434. The average molecular weight is 458 g/mol. The van der Waals surface area contributed by atoms with Crippen LogP contribution in [0.15, 0.2) is 30.3 Å². The molecule has 0 amide bonds. The van der Waals surface area contributed by atoms with Crippen LogP contribution in [0.5, 0.6) is 0 Å². The number of aldehydes is 1. The molecule has 134 valence electrons. The molecule has 4 heteroatoms. The number of benzene rings is 2. The van der Waals surface area contributed by atoms with Crippen LogP contribution in [0.25, 0.3) is 22.0 Å². The zero-order chi connectivity index (χ0) is 18.6. The highest BCUT2D eigenvalue weighted by molar-refractivity contribution is 14.1. The van der Waals surface area contributed by atoms with Gasteiger partial charge in [-0.2, -0.15) is 0 Å². The Hall–Kier alpha value is -1.82. The molecule has 0 unspecified atom stereocenters. The Morgan fingerprint density at radius 2 is 1.92 bits per heavy atom. The van der Waals surface area contributed by atoms with Crippen molar-refractivity contribution in [2.45, 2.75) is 39.8 Å². The fourth-order valence-electron chi connectivity index (χ4n) is 4.35. The van der Waals surface area contributed by atoms with Crippen LogP contribution in [0.4, 0.5) is 5.69 Å². The number of aromatic nitrogens is 1. The third kappa shape index (κ3) is 2.49. The molecule has 0 saturated heterocycles. The average Bonchev–Trinajstić information content (AvgIpc) is 2.92. The molecule has 0 bridgehead atoms. The number of likely N-dealkylation sites (N-methyl/N-ethyl adjacent to an activating group) is 1. The van der Waals surface area contributed by atoms with Crippen LogP contribution in [0.3, 0.4) is 0 Å². The highest BCUT2D eigenvalue weighted by Crippen LogP contribution is 2.45. The molecule has 0 N–H and O–H groups in total. The number of nitrogens with zero attached hydrogens (tertiary/aromatic N) is 2. The Labute approximate surface area is 168 Å². The standard InChI is InChI=1S/C22H23IN2O/c1-13-11-19-20(16-5-7-17(23)8-6-16)18(9-10-26)15(3)21-22(19)25(13)12-14(2)24(21)4/h5-8,10-11,14H,9,12H2,1-4H3/t14-/m1/s1. The lowest BCUT2D eigenvalue weighted by molar-refractivity contribution is -0.107. The number of aryl methyl sites for hydroxylation is 1. The molecule has 0 aliphatic carbocycles. The van der Waals surface area contributed by atoms with E-state index in [0.29, 0.717) is 12.5 Å². The summed E-state index contributed by atoms with van der Waals surface area (Å²) in [6, 6.07) is 11.4. The van der Waals surface area contributed by atoms with Gasteiger partial charge >= 0.3 is 0 Å². The van der Waals surface area contributed by atoms with E-state index in [1.54, 1.807) is 0 Å². The summed E-state index contributed by atoms with van der Waals surface area (Å²) >= 11 is 2.33. The van der Waals surface area contributed by atoms with Crippen molar-refractivity contribution in [1.82, 2.24) is 4.57 Å². The summed E-state index contributed by atoms with van der Waals surface area (Å²) < 4.78 is 3.67. The number of halogens is 1. The van der Waals surface area contributed by atoms with Gasteiger partial charge < -0.3 is 14.3 Å². The topological polar surface area (TPSA) is 25.2 Å². The molecule has 1 aliphatic rings. The van der Waals surface area contributed by atoms with E-state index in [2.05, 4.69) is 90.2 Å². The maximum absolute atomic E-state index is 11.5. The predicted octanol–water partition coefficient (Wildman–Crippen LogP) is 5.11. The fraction of sp³-hybridized carbons (Fsp3) is 0.318. The first-order chi connectivity index (χ1) is 12.4. The molecule has 1 aliphatic heterocycles. The number of carbonyl (C=O) groups is 1. The summed E-state index contributed by atoms with van der Waals surface area (Å²) in [5.41, 5.74) is 8.66. The van der Waals surface area contributed by atoms with Gasteiger partial charge in [-0.25, -0.2) is 0 Å². The molecule has 0 fully saturated rings. The third-order valence-electron chi connectivity index (χ3n) is 5.79. The smallest absolute Gasteiger partial charge is 0.124 e. The van der Waals surface area contributed by atoms with Crippen molar-refractivity contribution in [1.29, 1.82) is 0 Å². The number of hydrogen-bond acceptors (Lipinski definition) is 2. The molecule has 0 spiro atoms. The quantitative estimate of drug-likeness (QED) is 0.403. The molecule has 1 aromatic heterocycles. The van der Waals surface area contributed by atoms with Gasteiger partial charge in [-0.05, 0) is 83.8 Å². The van der Waals surface area contributed by atoms with E-state index >= 15 is 0 Å². The van der Waals surface area contributed by atoms with Crippen molar-refractivity contribution in [3.05, 3.63) is 50.7 Å². The first-order valence-corrected chi connectivity index (χ1v) is 10.1. The van der Waals surface area contributed by atoms with Gasteiger partial charge in [0.1, 0.15) is 6.29 Å². The van der Waals surface area contributed by atoms with Crippen molar-refractivity contribution < 1.29 is 4.79 Å². The van der Waals surface area contributed by atoms with Gasteiger partial charge in [-0.3, -0.25) is 0 Å². The number of rotatable bonds is 3. The van der Waals surface area contributed by atoms with E-state index in [9.17, 15) is 4.79 Å². The Morgan fingerprint density at radius 1 is 1.23 bits per heavy atom. The zero-order valence-electron chi connectivity index (χ0n) is 15.6. The second kappa shape index (κ2) is 6.41. The number of hydrogen-bond donors (Lipinski definition) is 0. The molecule has 1 atom stereocenters. The van der Waals surface area contributed by atoms with E-state index in [1.807, 2.05) is 0 Å². The Morgan fingerprint density at radius 3 is 2.58 bits per heavy atom. The molecule has 3 aromatic rings. The molecule has 26 heavy (non-hydrogen) atoms. The van der Waals surface area contributed by atoms with Gasteiger partial charge in [0.05, 0.1) is 11.2 Å². The Kier molecular flexibility index (Phi) is 4.34. The van der Waals surface area contributed by atoms with E-state index in [-0.39, 0.29) is 0 Å². The van der Waals surface area contributed by atoms with Gasteiger partial charge in [-0.1, -0.05) is 12.1 Å². The van der Waals surface area contributed by atoms with Crippen LogP contribution in [-0.4, -0.2) is 23.9 Å². The number of carbonyl (C=O) groups excluding carboxylic acids is 1. The highest BCUT2D eigenvalue weighted by atomic mass is 127. The summed E-state index contributed by atoms with van der Waals surface area (Å²) in [4.78, 5) is 13.9. The summed E-state index contributed by atoms with van der Waals surface area (Å²) in [7, 11) is 2.17. The SMILES string of the molecule is Cc1c(CC=O)c(-c2ccc(I)cc2)c2cc(C)n3c2c1N(C)[C@H](C)C3. The molecule has 2 aromatic carbocycles. The first-order valence-electron chi connectivity index (χ1n) is 9.01. The first kappa shape index (κ1) is 17.6. The summed E-state index contributed by atoms with van der Waals surface area (Å²) in [5.74, 6) is 0. The molecule has 2 heterocycles. The van der Waals surface area contributed by atoms with Gasteiger partial charge in [0, 0.05) is 40.7 Å². The van der Waals surface area contributed by atoms with Gasteiger partial charge in [-0.15, -0.1) is 0 Å². The second-order valence-corrected chi connectivity index (χ2v) is 8.57. The second-order valence-electron chi connectivity index (χ2n) is 7.32. The minimum Gasteiger partial charge on any atom is -0.368 e. The van der Waals surface area contributed by atoms with Crippen LogP contribution in [0.2, 0.25) is 0 Å². The summed E-state index contributed by atoms with van der Waals surface area (Å²) in [6.45, 7) is 7.62. The van der Waals surface area contributed by atoms with E-state index < -0.39 is 0 Å². The Bertz CT molecular complexity index is 1020. The largest absolute Gasteiger partial charge is 0.368 e. The molecule has 0 radical (unpaired) electrons.